The summed E-state index contributed by atoms with van der Waals surface area (Å²) in [5.74, 6) is 0. The van der Waals surface area contributed by atoms with E-state index in [-0.39, 0.29) is 19.1 Å². The molecule has 0 aromatic heterocycles. The second-order valence-electron chi connectivity index (χ2n) is 1.55. The topological polar surface area (TPSA) is 72.2 Å². The van der Waals surface area contributed by atoms with Crippen LogP contribution in [0.1, 0.15) is 0 Å². The van der Waals surface area contributed by atoms with E-state index in [0.717, 1.165) is 0 Å². The zero-order valence-electron chi connectivity index (χ0n) is 5.04. The molecule has 4 heteroatoms. The molecular weight excluding hydrogens is 120 g/mol. The van der Waals surface area contributed by atoms with E-state index in [2.05, 4.69) is 5.32 Å². The number of carbonyl (C=O) groups is 2. The first-order chi connectivity index (χ1) is 4.35. The Morgan fingerprint density at radius 2 is 2.22 bits per heavy atom. The number of hydrogen-bond donors (Lipinski definition) is 2. The van der Waals surface area contributed by atoms with Crippen molar-refractivity contribution in [2.75, 3.05) is 13.1 Å². The Bertz CT molecular complexity index is 95.0. The molecule has 1 atom stereocenters. The third kappa shape index (κ3) is 3.81. The standard InChI is InChI=1S/C5H10N2O2/c6-3-5(4-9)7-1-2-8/h2,4-5,7H,1,3,6H2. The number of hydrogen-bond acceptors (Lipinski definition) is 4. The van der Waals surface area contributed by atoms with Crippen molar-refractivity contribution in [1.82, 2.24) is 5.32 Å². The molecule has 0 spiro atoms. The molecule has 0 aromatic carbocycles. The van der Waals surface area contributed by atoms with Crippen molar-refractivity contribution < 1.29 is 9.59 Å². The highest BCUT2D eigenvalue weighted by Crippen LogP contribution is 1.68. The molecule has 0 aliphatic heterocycles. The van der Waals surface area contributed by atoms with Crippen LogP contribution in [0, 0.1) is 0 Å². The summed E-state index contributed by atoms with van der Waals surface area (Å²) in [5, 5.41) is 2.61. The van der Waals surface area contributed by atoms with Crippen LogP contribution in [0.4, 0.5) is 0 Å². The van der Waals surface area contributed by atoms with Gasteiger partial charge in [-0.05, 0) is 0 Å². The van der Waals surface area contributed by atoms with Crippen LogP contribution < -0.4 is 11.1 Å². The third-order valence-corrected chi connectivity index (χ3v) is 0.882. The fourth-order valence-electron chi connectivity index (χ4n) is 0.386. The molecule has 0 aromatic rings. The summed E-state index contributed by atoms with van der Waals surface area (Å²) in [6.07, 6.45) is 1.37. The van der Waals surface area contributed by atoms with Gasteiger partial charge in [-0.2, -0.15) is 0 Å². The minimum absolute atomic E-state index is 0.181. The molecule has 0 fully saturated rings. The van der Waals surface area contributed by atoms with Crippen LogP contribution >= 0.6 is 0 Å². The van der Waals surface area contributed by atoms with Crippen molar-refractivity contribution in [3.63, 3.8) is 0 Å². The van der Waals surface area contributed by atoms with Gasteiger partial charge in [0.25, 0.3) is 0 Å². The molecule has 0 amide bonds. The number of carbonyl (C=O) groups excluding carboxylic acids is 2. The molecule has 0 aliphatic rings. The SMILES string of the molecule is NCC(C=O)NCC=O. The number of nitrogens with one attached hydrogen (secondary N) is 1. The van der Waals surface area contributed by atoms with Crippen molar-refractivity contribution in [2.45, 2.75) is 6.04 Å². The minimum atomic E-state index is -0.379. The van der Waals surface area contributed by atoms with Crippen LogP contribution in [-0.2, 0) is 9.59 Å². The van der Waals surface area contributed by atoms with Gasteiger partial charge in [-0.3, -0.25) is 5.32 Å². The fraction of sp³-hybridized carbons (Fsp3) is 0.600. The van der Waals surface area contributed by atoms with Gasteiger partial charge in [-0.1, -0.05) is 0 Å². The van der Waals surface area contributed by atoms with E-state index in [0.29, 0.717) is 12.6 Å². The van der Waals surface area contributed by atoms with Crippen LogP contribution in [0.3, 0.4) is 0 Å². The van der Waals surface area contributed by atoms with Crippen molar-refractivity contribution in [3.05, 3.63) is 0 Å². The van der Waals surface area contributed by atoms with Crippen LogP contribution in [0.25, 0.3) is 0 Å². The summed E-state index contributed by atoms with van der Waals surface area (Å²) in [4.78, 5) is 19.7. The maximum Gasteiger partial charge on any atom is 0.138 e. The van der Waals surface area contributed by atoms with Gasteiger partial charge in [-0.25, -0.2) is 0 Å². The Morgan fingerprint density at radius 1 is 1.56 bits per heavy atom. The van der Waals surface area contributed by atoms with Gasteiger partial charge in [0.2, 0.25) is 0 Å². The monoisotopic (exact) mass is 130 g/mol. The largest absolute Gasteiger partial charge is 0.328 e. The molecule has 0 bridgehead atoms. The normalized spacial score (nSPS) is 12.6. The molecule has 0 aliphatic carbocycles. The van der Waals surface area contributed by atoms with E-state index >= 15 is 0 Å². The highest BCUT2D eigenvalue weighted by Gasteiger charge is 1.99. The van der Waals surface area contributed by atoms with Crippen LogP contribution in [-0.4, -0.2) is 31.7 Å². The van der Waals surface area contributed by atoms with Gasteiger partial charge < -0.3 is 15.3 Å². The Hall–Kier alpha value is -0.740. The third-order valence-electron chi connectivity index (χ3n) is 0.882. The summed E-state index contributed by atoms with van der Waals surface area (Å²) in [6.45, 7) is 0.415. The van der Waals surface area contributed by atoms with Gasteiger partial charge >= 0.3 is 0 Å². The first-order valence-corrected chi connectivity index (χ1v) is 2.67. The first kappa shape index (κ1) is 8.26. The highest BCUT2D eigenvalue weighted by atomic mass is 16.1. The first-order valence-electron chi connectivity index (χ1n) is 2.67. The molecule has 0 rings (SSSR count). The summed E-state index contributed by atoms with van der Waals surface area (Å²) in [7, 11) is 0. The zero-order chi connectivity index (χ0) is 7.11. The summed E-state index contributed by atoms with van der Waals surface area (Å²) in [6, 6.07) is -0.379. The van der Waals surface area contributed by atoms with Gasteiger partial charge in [0.1, 0.15) is 12.6 Å². The summed E-state index contributed by atoms with van der Waals surface area (Å²) in [5.41, 5.74) is 5.11. The highest BCUT2D eigenvalue weighted by molar-refractivity contribution is 5.60. The van der Waals surface area contributed by atoms with Gasteiger partial charge in [0, 0.05) is 6.54 Å². The predicted octanol–water partition coefficient (Wildman–Crippen LogP) is -1.70. The van der Waals surface area contributed by atoms with E-state index in [1.165, 1.54) is 0 Å². The lowest BCUT2D eigenvalue weighted by Gasteiger charge is -2.04. The molecule has 4 nitrogen and oxygen atoms in total. The number of aldehydes is 2. The lowest BCUT2D eigenvalue weighted by molar-refractivity contribution is -0.109. The number of nitrogens with two attached hydrogens (primary N) is 1. The van der Waals surface area contributed by atoms with Crippen LogP contribution in [0.15, 0.2) is 0 Å². The van der Waals surface area contributed by atoms with E-state index < -0.39 is 0 Å². The van der Waals surface area contributed by atoms with Gasteiger partial charge in [0.15, 0.2) is 0 Å². The fourth-order valence-corrected chi connectivity index (χ4v) is 0.386. The molecule has 0 saturated heterocycles. The van der Waals surface area contributed by atoms with Gasteiger partial charge in [-0.15, -0.1) is 0 Å². The lowest BCUT2D eigenvalue weighted by Crippen LogP contribution is -2.38. The molecule has 0 saturated carbocycles. The predicted molar refractivity (Wildman–Crippen MR) is 33.0 cm³/mol. The molecule has 9 heavy (non-hydrogen) atoms. The Balaban J connectivity index is 3.30. The molecular formula is C5H10N2O2. The Kier molecular flexibility index (Phi) is 4.95. The lowest BCUT2D eigenvalue weighted by atomic mass is 10.3. The van der Waals surface area contributed by atoms with E-state index in [9.17, 15) is 9.59 Å². The maximum absolute atomic E-state index is 9.98. The second-order valence-corrected chi connectivity index (χ2v) is 1.55. The summed E-state index contributed by atoms with van der Waals surface area (Å²) >= 11 is 0. The molecule has 1 unspecified atom stereocenters. The Morgan fingerprint density at radius 3 is 2.56 bits per heavy atom. The Labute approximate surface area is 53.4 Å². The maximum atomic E-state index is 9.98. The average Bonchev–Trinajstić information content (AvgIpc) is 1.91. The second kappa shape index (κ2) is 5.40. The van der Waals surface area contributed by atoms with E-state index in [4.69, 9.17) is 5.73 Å². The van der Waals surface area contributed by atoms with Crippen molar-refractivity contribution in [2.24, 2.45) is 5.73 Å². The van der Waals surface area contributed by atoms with Crippen molar-refractivity contribution in [3.8, 4) is 0 Å². The average molecular weight is 130 g/mol. The van der Waals surface area contributed by atoms with E-state index in [1.54, 1.807) is 0 Å². The quantitative estimate of drug-likeness (QED) is 0.435. The smallest absolute Gasteiger partial charge is 0.138 e. The molecule has 52 valence electrons. The van der Waals surface area contributed by atoms with E-state index in [1.807, 2.05) is 0 Å². The molecule has 0 heterocycles. The van der Waals surface area contributed by atoms with Crippen LogP contribution in [0.2, 0.25) is 0 Å². The minimum Gasteiger partial charge on any atom is -0.328 e. The number of rotatable bonds is 5. The van der Waals surface area contributed by atoms with Crippen molar-refractivity contribution >= 4 is 12.6 Å². The van der Waals surface area contributed by atoms with Crippen molar-refractivity contribution in [1.29, 1.82) is 0 Å². The molecule has 3 N–H and O–H groups in total. The summed E-state index contributed by atoms with van der Waals surface area (Å²) < 4.78 is 0. The molecule has 0 radical (unpaired) electrons. The van der Waals surface area contributed by atoms with Gasteiger partial charge in [0.05, 0.1) is 12.6 Å². The zero-order valence-corrected chi connectivity index (χ0v) is 5.04. The van der Waals surface area contributed by atoms with Crippen LogP contribution in [0.5, 0.6) is 0 Å².